The topological polar surface area (TPSA) is 30.7 Å². The van der Waals surface area contributed by atoms with Gasteiger partial charge in [-0.3, -0.25) is 0 Å². The number of aromatic nitrogens is 3. The highest BCUT2D eigenvalue weighted by atomic mass is 15.5. The van der Waals surface area contributed by atoms with E-state index in [-0.39, 0.29) is 0 Å². The molecule has 1 aromatic rings. The summed E-state index contributed by atoms with van der Waals surface area (Å²) in [5.74, 6) is 0.727. The van der Waals surface area contributed by atoms with E-state index in [2.05, 4.69) is 41.4 Å². The molecule has 0 saturated heterocycles. The summed E-state index contributed by atoms with van der Waals surface area (Å²) in [7, 11) is 0. The lowest BCUT2D eigenvalue weighted by atomic mass is 9.95. The molecule has 3 nitrogen and oxygen atoms in total. The van der Waals surface area contributed by atoms with Crippen molar-refractivity contribution in [1.29, 1.82) is 0 Å². The first-order valence-corrected chi connectivity index (χ1v) is 6.61. The van der Waals surface area contributed by atoms with E-state index in [9.17, 15) is 0 Å². The molecule has 92 valence electrons. The van der Waals surface area contributed by atoms with E-state index in [1.807, 2.05) is 6.20 Å². The molecule has 0 saturated carbocycles. The van der Waals surface area contributed by atoms with Crippen molar-refractivity contribution in [3.05, 3.63) is 36.2 Å². The van der Waals surface area contributed by atoms with Crippen LogP contribution in [0.3, 0.4) is 0 Å². The zero-order valence-corrected chi connectivity index (χ0v) is 10.5. The fourth-order valence-corrected chi connectivity index (χ4v) is 2.15. The van der Waals surface area contributed by atoms with Gasteiger partial charge in [0.1, 0.15) is 0 Å². The van der Waals surface area contributed by atoms with Gasteiger partial charge in [0.25, 0.3) is 0 Å². The van der Waals surface area contributed by atoms with Crippen molar-refractivity contribution in [3.8, 4) is 0 Å². The van der Waals surface area contributed by atoms with Crippen LogP contribution < -0.4 is 0 Å². The molecule has 0 aliphatic heterocycles. The molecule has 17 heavy (non-hydrogen) atoms. The predicted molar refractivity (Wildman–Crippen MR) is 69.6 cm³/mol. The summed E-state index contributed by atoms with van der Waals surface area (Å²) in [6.07, 6.45) is 16.6. The Morgan fingerprint density at radius 2 is 2.35 bits per heavy atom. The van der Waals surface area contributed by atoms with Gasteiger partial charge in [0, 0.05) is 0 Å². The summed E-state index contributed by atoms with van der Waals surface area (Å²) in [5, 5.41) is 8.71. The van der Waals surface area contributed by atoms with Gasteiger partial charge in [-0.05, 0) is 38.0 Å². The maximum atomic E-state index is 4.46. The van der Waals surface area contributed by atoms with Gasteiger partial charge in [-0.1, -0.05) is 31.2 Å². The lowest BCUT2D eigenvalue weighted by molar-refractivity contribution is 0.517. The Morgan fingerprint density at radius 1 is 1.41 bits per heavy atom. The smallest absolute Gasteiger partial charge is 0.0827 e. The van der Waals surface area contributed by atoms with Crippen LogP contribution in [0.1, 0.15) is 38.3 Å². The van der Waals surface area contributed by atoms with Gasteiger partial charge in [0.15, 0.2) is 0 Å². The fourth-order valence-electron chi connectivity index (χ4n) is 2.15. The van der Waals surface area contributed by atoms with Gasteiger partial charge in [0.2, 0.25) is 0 Å². The Morgan fingerprint density at radius 3 is 3.12 bits per heavy atom. The molecule has 1 aromatic heterocycles. The Hall–Kier alpha value is -1.38. The van der Waals surface area contributed by atoms with E-state index in [0.717, 1.165) is 31.0 Å². The predicted octanol–water partition coefficient (Wildman–Crippen LogP) is 3.14. The number of allylic oxidation sites excluding steroid dienone is 4. The van der Waals surface area contributed by atoms with E-state index in [1.54, 1.807) is 4.80 Å². The van der Waals surface area contributed by atoms with Crippen molar-refractivity contribution in [1.82, 2.24) is 15.0 Å². The monoisotopic (exact) mass is 231 g/mol. The minimum atomic E-state index is 0.727. The van der Waals surface area contributed by atoms with E-state index in [0.29, 0.717) is 0 Å². The third-order valence-electron chi connectivity index (χ3n) is 3.08. The SMILES string of the molecule is CCCn1ncc(CCCC2C=CC=CC2)n1. The molecule has 1 aliphatic rings. The molecule has 1 heterocycles. The summed E-state index contributed by atoms with van der Waals surface area (Å²) < 4.78 is 0. The van der Waals surface area contributed by atoms with Crippen LogP contribution in [0.2, 0.25) is 0 Å². The van der Waals surface area contributed by atoms with Gasteiger partial charge < -0.3 is 0 Å². The van der Waals surface area contributed by atoms with Crippen LogP contribution in [0.5, 0.6) is 0 Å². The second kappa shape index (κ2) is 6.38. The molecule has 0 bridgehead atoms. The molecule has 0 N–H and O–H groups in total. The zero-order valence-electron chi connectivity index (χ0n) is 10.5. The molecule has 1 unspecified atom stereocenters. The maximum Gasteiger partial charge on any atom is 0.0827 e. The molecule has 0 radical (unpaired) electrons. The Labute approximate surface area is 103 Å². The zero-order chi connectivity index (χ0) is 11.9. The van der Waals surface area contributed by atoms with Crippen LogP contribution in [0.25, 0.3) is 0 Å². The van der Waals surface area contributed by atoms with Crippen molar-refractivity contribution in [2.24, 2.45) is 5.92 Å². The molecule has 0 spiro atoms. The Bertz CT molecular complexity index is 390. The molecule has 0 amide bonds. The molecule has 1 atom stereocenters. The van der Waals surface area contributed by atoms with Crippen LogP contribution in [-0.2, 0) is 13.0 Å². The maximum absolute atomic E-state index is 4.46. The van der Waals surface area contributed by atoms with Gasteiger partial charge >= 0.3 is 0 Å². The van der Waals surface area contributed by atoms with Crippen molar-refractivity contribution in [3.63, 3.8) is 0 Å². The van der Waals surface area contributed by atoms with Gasteiger partial charge in [-0.25, -0.2) is 0 Å². The fraction of sp³-hybridized carbons (Fsp3) is 0.571. The third kappa shape index (κ3) is 3.84. The van der Waals surface area contributed by atoms with Crippen LogP contribution >= 0.6 is 0 Å². The molecule has 0 fully saturated rings. The molecule has 2 rings (SSSR count). The average Bonchev–Trinajstić information content (AvgIpc) is 2.79. The summed E-state index contributed by atoms with van der Waals surface area (Å²) in [6.45, 7) is 3.07. The standard InChI is InChI=1S/C14H21N3/c1-2-11-17-15-12-14(16-17)10-6-9-13-7-4-3-5-8-13/h3-5,7,12-13H,2,6,8-11H2,1H3. The molecule has 3 heteroatoms. The van der Waals surface area contributed by atoms with Gasteiger partial charge in [-0.2, -0.15) is 15.0 Å². The second-order valence-electron chi connectivity index (χ2n) is 4.63. The highest BCUT2D eigenvalue weighted by molar-refractivity contribution is 5.10. The van der Waals surface area contributed by atoms with Crippen molar-refractivity contribution in [2.75, 3.05) is 0 Å². The molecule has 1 aliphatic carbocycles. The molecule has 0 aromatic carbocycles. The summed E-state index contributed by atoms with van der Waals surface area (Å²) >= 11 is 0. The quantitative estimate of drug-likeness (QED) is 0.753. The van der Waals surface area contributed by atoms with Gasteiger partial charge in [0.05, 0.1) is 18.4 Å². The van der Waals surface area contributed by atoms with Crippen LogP contribution in [0, 0.1) is 5.92 Å². The first-order chi connectivity index (χ1) is 8.38. The normalized spacial score (nSPS) is 18.8. The van der Waals surface area contributed by atoms with E-state index in [1.165, 1.54) is 19.3 Å². The average molecular weight is 231 g/mol. The summed E-state index contributed by atoms with van der Waals surface area (Å²) in [4.78, 5) is 1.80. The minimum absolute atomic E-state index is 0.727. The Balaban J connectivity index is 1.70. The molecular weight excluding hydrogens is 210 g/mol. The van der Waals surface area contributed by atoms with Crippen molar-refractivity contribution >= 4 is 0 Å². The van der Waals surface area contributed by atoms with Crippen LogP contribution in [0.4, 0.5) is 0 Å². The second-order valence-corrected chi connectivity index (χ2v) is 4.63. The van der Waals surface area contributed by atoms with E-state index in [4.69, 9.17) is 0 Å². The van der Waals surface area contributed by atoms with E-state index < -0.39 is 0 Å². The highest BCUT2D eigenvalue weighted by Gasteiger charge is 2.06. The number of aryl methyl sites for hydroxylation is 2. The van der Waals surface area contributed by atoms with Crippen molar-refractivity contribution < 1.29 is 0 Å². The van der Waals surface area contributed by atoms with Crippen LogP contribution in [-0.4, -0.2) is 15.0 Å². The molecular formula is C14H21N3. The number of hydrogen-bond acceptors (Lipinski definition) is 2. The lowest BCUT2D eigenvalue weighted by Crippen LogP contribution is -2.02. The number of rotatable bonds is 6. The van der Waals surface area contributed by atoms with Crippen molar-refractivity contribution in [2.45, 2.75) is 45.6 Å². The Kier molecular flexibility index (Phi) is 4.54. The number of nitrogens with zero attached hydrogens (tertiary/aromatic N) is 3. The lowest BCUT2D eigenvalue weighted by Gasteiger charge is -2.11. The highest BCUT2D eigenvalue weighted by Crippen LogP contribution is 2.18. The minimum Gasteiger partial charge on any atom is -0.185 e. The first kappa shape index (κ1) is 12.1. The third-order valence-corrected chi connectivity index (χ3v) is 3.08. The number of hydrogen-bond donors (Lipinski definition) is 0. The first-order valence-electron chi connectivity index (χ1n) is 6.61. The summed E-state index contributed by atoms with van der Waals surface area (Å²) in [5.41, 5.74) is 1.13. The van der Waals surface area contributed by atoms with E-state index >= 15 is 0 Å². The van der Waals surface area contributed by atoms with Gasteiger partial charge in [-0.15, -0.1) is 0 Å². The summed E-state index contributed by atoms with van der Waals surface area (Å²) in [6, 6.07) is 0. The van der Waals surface area contributed by atoms with Crippen LogP contribution in [0.15, 0.2) is 30.5 Å². The largest absolute Gasteiger partial charge is 0.185 e.